The molecule has 0 atom stereocenters. The van der Waals surface area contributed by atoms with Gasteiger partial charge in [-0.25, -0.2) is 0 Å². The van der Waals surface area contributed by atoms with Gasteiger partial charge < -0.3 is 14.8 Å². The van der Waals surface area contributed by atoms with Crippen molar-refractivity contribution in [3.05, 3.63) is 59.3 Å². The molecule has 28 heavy (non-hydrogen) atoms. The molecular weight excluding hydrogens is 356 g/mol. The maximum absolute atomic E-state index is 13.0. The van der Waals surface area contributed by atoms with Crippen LogP contribution < -0.4 is 14.8 Å². The van der Waals surface area contributed by atoms with Crippen molar-refractivity contribution in [3.8, 4) is 11.5 Å². The third-order valence-electron chi connectivity index (χ3n) is 4.61. The maximum Gasteiger partial charge on any atom is 0.278 e. The predicted molar refractivity (Wildman–Crippen MR) is 108 cm³/mol. The molecule has 0 aliphatic carbocycles. The number of aryl methyl sites for hydroxylation is 1. The van der Waals surface area contributed by atoms with Gasteiger partial charge in [-0.3, -0.25) is 14.5 Å². The highest BCUT2D eigenvalue weighted by molar-refractivity contribution is 6.36. The van der Waals surface area contributed by atoms with Crippen molar-refractivity contribution in [1.82, 2.24) is 4.90 Å². The van der Waals surface area contributed by atoms with E-state index in [4.69, 9.17) is 9.47 Å². The molecule has 1 aliphatic rings. The summed E-state index contributed by atoms with van der Waals surface area (Å²) in [6.07, 6.45) is 0.689. The van der Waals surface area contributed by atoms with Gasteiger partial charge in [0.1, 0.15) is 17.2 Å². The topological polar surface area (TPSA) is 67.9 Å². The second-order valence-corrected chi connectivity index (χ2v) is 6.57. The standard InChI is InChI=1S/C22H24N2O4/c1-5-12-24-21(25)19(15-7-9-16(27-3)10-8-15)20(22(24)26)23-17-13-14(2)6-11-18(17)28-4/h6-11,13,23H,5,12H2,1-4H3. The van der Waals surface area contributed by atoms with Crippen LogP contribution in [0.3, 0.4) is 0 Å². The minimum atomic E-state index is -0.332. The first kappa shape index (κ1) is 19.5. The molecule has 3 rings (SSSR count). The third kappa shape index (κ3) is 3.58. The number of carbonyl (C=O) groups is 2. The second kappa shape index (κ2) is 8.17. The molecule has 1 heterocycles. The van der Waals surface area contributed by atoms with Crippen molar-refractivity contribution in [3.63, 3.8) is 0 Å². The van der Waals surface area contributed by atoms with Crippen LogP contribution >= 0.6 is 0 Å². The molecule has 0 aromatic heterocycles. The Morgan fingerprint density at radius 3 is 2.29 bits per heavy atom. The molecule has 2 aromatic carbocycles. The monoisotopic (exact) mass is 380 g/mol. The largest absolute Gasteiger partial charge is 0.497 e. The highest BCUT2D eigenvalue weighted by atomic mass is 16.5. The first-order chi connectivity index (χ1) is 13.5. The number of imide groups is 1. The van der Waals surface area contributed by atoms with Crippen molar-refractivity contribution >= 4 is 23.1 Å². The van der Waals surface area contributed by atoms with Crippen LogP contribution in [-0.2, 0) is 9.59 Å². The molecule has 1 N–H and O–H groups in total. The summed E-state index contributed by atoms with van der Waals surface area (Å²) in [6.45, 7) is 4.25. The smallest absolute Gasteiger partial charge is 0.278 e. The number of nitrogens with one attached hydrogen (secondary N) is 1. The molecule has 146 valence electrons. The quantitative estimate of drug-likeness (QED) is 0.743. The van der Waals surface area contributed by atoms with Gasteiger partial charge in [0.25, 0.3) is 11.8 Å². The minimum Gasteiger partial charge on any atom is -0.497 e. The maximum atomic E-state index is 13.0. The van der Waals surface area contributed by atoms with Crippen LogP contribution in [0.4, 0.5) is 5.69 Å². The number of methoxy groups -OCH3 is 2. The van der Waals surface area contributed by atoms with Gasteiger partial charge in [-0.1, -0.05) is 25.1 Å². The van der Waals surface area contributed by atoms with Crippen molar-refractivity contribution < 1.29 is 19.1 Å². The molecule has 6 heteroatoms. The van der Waals surface area contributed by atoms with Gasteiger partial charge in [0.2, 0.25) is 0 Å². The van der Waals surface area contributed by atoms with Gasteiger partial charge in [0, 0.05) is 6.54 Å². The van der Waals surface area contributed by atoms with E-state index in [0.29, 0.717) is 41.3 Å². The highest BCUT2D eigenvalue weighted by Gasteiger charge is 2.38. The highest BCUT2D eigenvalue weighted by Crippen LogP contribution is 2.34. The number of amides is 2. The van der Waals surface area contributed by atoms with Crippen LogP contribution in [-0.4, -0.2) is 37.5 Å². The van der Waals surface area contributed by atoms with E-state index in [2.05, 4.69) is 5.32 Å². The molecule has 0 fully saturated rings. The average molecular weight is 380 g/mol. The summed E-state index contributed by atoms with van der Waals surface area (Å²) in [4.78, 5) is 27.3. The molecule has 0 unspecified atom stereocenters. The van der Waals surface area contributed by atoms with E-state index in [1.165, 1.54) is 4.90 Å². The zero-order valence-corrected chi connectivity index (χ0v) is 16.5. The zero-order chi connectivity index (χ0) is 20.3. The average Bonchev–Trinajstić information content (AvgIpc) is 2.93. The number of ether oxygens (including phenoxy) is 2. The van der Waals surface area contributed by atoms with Crippen LogP contribution in [0.2, 0.25) is 0 Å². The molecular formula is C22H24N2O4. The van der Waals surface area contributed by atoms with Crippen LogP contribution in [0.25, 0.3) is 5.57 Å². The number of carbonyl (C=O) groups excluding carboxylic acids is 2. The van der Waals surface area contributed by atoms with Gasteiger partial charge in [-0.15, -0.1) is 0 Å². The number of rotatable bonds is 7. The van der Waals surface area contributed by atoms with E-state index in [1.54, 1.807) is 38.5 Å². The van der Waals surface area contributed by atoms with Gasteiger partial charge in [-0.2, -0.15) is 0 Å². The molecule has 2 amide bonds. The Balaban J connectivity index is 2.10. The zero-order valence-electron chi connectivity index (χ0n) is 16.5. The summed E-state index contributed by atoms with van der Waals surface area (Å²) in [7, 11) is 3.15. The lowest BCUT2D eigenvalue weighted by molar-refractivity contribution is -0.136. The number of anilines is 1. The normalized spacial score (nSPS) is 13.9. The Morgan fingerprint density at radius 1 is 0.964 bits per heavy atom. The van der Waals surface area contributed by atoms with Gasteiger partial charge >= 0.3 is 0 Å². The van der Waals surface area contributed by atoms with E-state index in [-0.39, 0.29) is 17.5 Å². The summed E-state index contributed by atoms with van der Waals surface area (Å²) < 4.78 is 10.6. The van der Waals surface area contributed by atoms with E-state index < -0.39 is 0 Å². The lowest BCUT2D eigenvalue weighted by Crippen LogP contribution is -2.33. The number of hydrogen-bond acceptors (Lipinski definition) is 5. The summed E-state index contributed by atoms with van der Waals surface area (Å²) in [5.74, 6) is 0.648. The molecule has 0 radical (unpaired) electrons. The van der Waals surface area contributed by atoms with E-state index >= 15 is 0 Å². The van der Waals surface area contributed by atoms with E-state index in [9.17, 15) is 9.59 Å². The molecule has 0 spiro atoms. The molecule has 6 nitrogen and oxygen atoms in total. The van der Waals surface area contributed by atoms with E-state index in [0.717, 1.165) is 5.56 Å². The summed E-state index contributed by atoms with van der Waals surface area (Å²) >= 11 is 0. The molecule has 0 saturated carbocycles. The fourth-order valence-corrected chi connectivity index (χ4v) is 3.20. The summed E-state index contributed by atoms with van der Waals surface area (Å²) in [6, 6.07) is 12.7. The summed E-state index contributed by atoms with van der Waals surface area (Å²) in [5.41, 5.74) is 2.92. The van der Waals surface area contributed by atoms with Crippen LogP contribution in [0.5, 0.6) is 11.5 Å². The van der Waals surface area contributed by atoms with Crippen molar-refractivity contribution in [2.24, 2.45) is 0 Å². The first-order valence-electron chi connectivity index (χ1n) is 9.16. The van der Waals surface area contributed by atoms with Crippen molar-refractivity contribution in [2.75, 3.05) is 26.1 Å². The first-order valence-corrected chi connectivity index (χ1v) is 9.16. The molecule has 1 aliphatic heterocycles. The van der Waals surface area contributed by atoms with Gasteiger partial charge in [0.05, 0.1) is 25.5 Å². The number of nitrogens with zero attached hydrogens (tertiary/aromatic N) is 1. The number of benzene rings is 2. The molecule has 0 saturated heterocycles. The Labute approximate surface area is 164 Å². The van der Waals surface area contributed by atoms with Gasteiger partial charge in [0.15, 0.2) is 0 Å². The van der Waals surface area contributed by atoms with Crippen LogP contribution in [0, 0.1) is 6.92 Å². The Kier molecular flexibility index (Phi) is 5.68. The Morgan fingerprint density at radius 2 is 1.68 bits per heavy atom. The Bertz CT molecular complexity index is 932. The second-order valence-electron chi connectivity index (χ2n) is 6.57. The van der Waals surface area contributed by atoms with Gasteiger partial charge in [-0.05, 0) is 48.7 Å². The number of hydrogen-bond donors (Lipinski definition) is 1. The Hall–Kier alpha value is -3.28. The van der Waals surface area contributed by atoms with E-state index in [1.807, 2.05) is 32.0 Å². The lowest BCUT2D eigenvalue weighted by atomic mass is 10.0. The lowest BCUT2D eigenvalue weighted by Gasteiger charge is -2.15. The molecule has 0 bridgehead atoms. The minimum absolute atomic E-state index is 0.257. The van der Waals surface area contributed by atoms with Crippen molar-refractivity contribution in [2.45, 2.75) is 20.3 Å². The predicted octanol–water partition coefficient (Wildman–Crippen LogP) is 3.61. The molecule has 2 aromatic rings. The fraction of sp³-hybridized carbons (Fsp3) is 0.273. The SMILES string of the molecule is CCCN1C(=O)C(Nc2cc(C)ccc2OC)=C(c2ccc(OC)cc2)C1=O. The third-order valence-corrected chi connectivity index (χ3v) is 4.61. The summed E-state index contributed by atoms with van der Waals surface area (Å²) in [5, 5.41) is 3.16. The van der Waals surface area contributed by atoms with Crippen molar-refractivity contribution in [1.29, 1.82) is 0 Å². The fourth-order valence-electron chi connectivity index (χ4n) is 3.20. The van der Waals surface area contributed by atoms with Crippen LogP contribution in [0.15, 0.2) is 48.2 Å². The van der Waals surface area contributed by atoms with Crippen LogP contribution in [0.1, 0.15) is 24.5 Å².